The van der Waals surface area contributed by atoms with Crippen molar-refractivity contribution in [1.29, 1.82) is 0 Å². The summed E-state index contributed by atoms with van der Waals surface area (Å²) in [6.07, 6.45) is 3.10. The first-order chi connectivity index (χ1) is 3.50. The molecule has 1 aromatic heterocycles. The van der Waals surface area contributed by atoms with Gasteiger partial charge in [-0.2, -0.15) is 0 Å². The summed E-state index contributed by atoms with van der Waals surface area (Å²) >= 11 is 0. The van der Waals surface area contributed by atoms with E-state index in [1.807, 2.05) is 13.8 Å². The Kier molecular flexibility index (Phi) is 4.62. The molecule has 0 aromatic carbocycles. The molecule has 0 saturated carbocycles. The van der Waals surface area contributed by atoms with Gasteiger partial charge in [-0.3, -0.25) is 0 Å². The lowest BCUT2D eigenvalue weighted by molar-refractivity contribution is 0.420. The van der Waals surface area contributed by atoms with E-state index in [-0.39, 0.29) is 0 Å². The molecule has 1 heterocycles. The maximum absolute atomic E-state index is 4.33. The van der Waals surface area contributed by atoms with Gasteiger partial charge in [0.2, 0.25) is 0 Å². The highest BCUT2D eigenvalue weighted by atomic mass is 16.5. The predicted molar refractivity (Wildman–Crippen MR) is 27.9 cm³/mol. The van der Waals surface area contributed by atoms with Crippen molar-refractivity contribution in [2.45, 2.75) is 13.8 Å². The molecule has 0 aliphatic rings. The second-order valence-electron chi connectivity index (χ2n) is 0.688. The number of aromatic nitrogens is 1. The fraction of sp³-hybridized carbons (Fsp3) is 0.400. The first kappa shape index (κ1) is 6.21. The quantitative estimate of drug-likeness (QED) is 0.494. The Morgan fingerprint density at radius 2 is 2.14 bits per heavy atom. The van der Waals surface area contributed by atoms with E-state index < -0.39 is 0 Å². The van der Waals surface area contributed by atoms with Gasteiger partial charge in [0.1, 0.15) is 6.26 Å². The van der Waals surface area contributed by atoms with Gasteiger partial charge >= 0.3 is 0 Å². The third-order valence-electron chi connectivity index (χ3n) is 0.347. The predicted octanol–water partition coefficient (Wildman–Crippen LogP) is 1.70. The van der Waals surface area contributed by atoms with Crippen LogP contribution in [-0.2, 0) is 0 Å². The third-order valence-corrected chi connectivity index (χ3v) is 0.347. The van der Waals surface area contributed by atoms with E-state index in [0.29, 0.717) is 0 Å². The van der Waals surface area contributed by atoms with Gasteiger partial charge in [-0.1, -0.05) is 19.0 Å². The highest BCUT2D eigenvalue weighted by Crippen LogP contribution is 1.72. The Morgan fingerprint density at radius 1 is 1.43 bits per heavy atom. The van der Waals surface area contributed by atoms with E-state index >= 15 is 0 Å². The molecule has 2 nitrogen and oxygen atoms in total. The van der Waals surface area contributed by atoms with Crippen LogP contribution in [0.4, 0.5) is 0 Å². The summed E-state index contributed by atoms with van der Waals surface area (Å²) in [5.74, 6) is 0. The smallest absolute Gasteiger partial charge is 0.123 e. The zero-order valence-corrected chi connectivity index (χ0v) is 4.59. The lowest BCUT2D eigenvalue weighted by Gasteiger charge is -1.48. The van der Waals surface area contributed by atoms with E-state index in [1.165, 1.54) is 6.26 Å². The minimum Gasteiger partial charge on any atom is -0.365 e. The summed E-state index contributed by atoms with van der Waals surface area (Å²) in [7, 11) is 0. The maximum Gasteiger partial charge on any atom is 0.123 e. The standard InChI is InChI=1S/C3H3NO.C2H6/c1-2-4-5-3-1;1-2/h1-3H;1-2H3. The number of hydrogen-bond donors (Lipinski definition) is 0. The third kappa shape index (κ3) is 3.03. The van der Waals surface area contributed by atoms with Gasteiger partial charge in [-0.25, -0.2) is 0 Å². The Hall–Kier alpha value is -0.790. The molecule has 0 atom stereocenters. The Morgan fingerprint density at radius 3 is 2.29 bits per heavy atom. The van der Waals surface area contributed by atoms with Crippen molar-refractivity contribution in [3.05, 3.63) is 18.5 Å². The second kappa shape index (κ2) is 5.21. The van der Waals surface area contributed by atoms with Gasteiger partial charge < -0.3 is 4.52 Å². The molecule has 0 bridgehead atoms. The highest BCUT2D eigenvalue weighted by Gasteiger charge is 1.60. The first-order valence-electron chi connectivity index (χ1n) is 2.34. The van der Waals surface area contributed by atoms with Crippen molar-refractivity contribution >= 4 is 0 Å². The molecule has 0 fully saturated rings. The van der Waals surface area contributed by atoms with Gasteiger partial charge in [0.05, 0.1) is 6.20 Å². The van der Waals surface area contributed by atoms with Crippen LogP contribution >= 0.6 is 0 Å². The zero-order chi connectivity index (χ0) is 5.54. The van der Waals surface area contributed by atoms with Crippen LogP contribution in [0.15, 0.2) is 23.0 Å². The zero-order valence-electron chi connectivity index (χ0n) is 4.59. The molecule has 0 spiro atoms. The Bertz CT molecular complexity index is 64.6. The molecule has 0 unspecified atom stereocenters. The monoisotopic (exact) mass is 99.1 g/mol. The molecule has 0 saturated heterocycles. The van der Waals surface area contributed by atoms with Crippen LogP contribution in [0.2, 0.25) is 0 Å². The topological polar surface area (TPSA) is 26.0 Å². The normalized spacial score (nSPS) is 6.57. The maximum atomic E-state index is 4.33. The second-order valence-corrected chi connectivity index (χ2v) is 0.688. The Labute approximate surface area is 43.1 Å². The summed E-state index contributed by atoms with van der Waals surface area (Å²) < 4.78 is 4.33. The van der Waals surface area contributed by atoms with Crippen molar-refractivity contribution in [2.24, 2.45) is 0 Å². The highest BCUT2D eigenvalue weighted by molar-refractivity contribution is 4.67. The molecule has 0 radical (unpaired) electrons. The molecule has 7 heavy (non-hydrogen) atoms. The van der Waals surface area contributed by atoms with E-state index in [9.17, 15) is 0 Å². The van der Waals surface area contributed by atoms with Crippen LogP contribution in [-0.4, -0.2) is 5.16 Å². The number of nitrogens with zero attached hydrogens (tertiary/aromatic N) is 1. The van der Waals surface area contributed by atoms with Crippen LogP contribution in [0.25, 0.3) is 0 Å². The average Bonchev–Trinajstić information content (AvgIpc) is 2.23. The van der Waals surface area contributed by atoms with Crippen molar-refractivity contribution in [1.82, 2.24) is 5.16 Å². The minimum atomic E-state index is 1.51. The fourth-order valence-electron chi connectivity index (χ4n) is 0.176. The van der Waals surface area contributed by atoms with Crippen LogP contribution in [0.1, 0.15) is 13.8 Å². The van der Waals surface area contributed by atoms with Gasteiger partial charge in [0.25, 0.3) is 0 Å². The number of hydrogen-bond acceptors (Lipinski definition) is 2. The van der Waals surface area contributed by atoms with Crippen LogP contribution < -0.4 is 0 Å². The van der Waals surface area contributed by atoms with Crippen molar-refractivity contribution in [3.8, 4) is 0 Å². The summed E-state index contributed by atoms with van der Waals surface area (Å²) in [5, 5.41) is 3.35. The minimum absolute atomic E-state index is 1.51. The molecule has 1 aromatic rings. The largest absolute Gasteiger partial charge is 0.365 e. The lowest BCUT2D eigenvalue weighted by Crippen LogP contribution is -1.38. The van der Waals surface area contributed by atoms with Crippen molar-refractivity contribution in [2.75, 3.05) is 0 Å². The van der Waals surface area contributed by atoms with Crippen LogP contribution in [0.3, 0.4) is 0 Å². The molecule has 1 rings (SSSR count). The first-order valence-corrected chi connectivity index (χ1v) is 2.34. The summed E-state index contributed by atoms with van der Waals surface area (Å²) in [5.41, 5.74) is 0. The molecule has 40 valence electrons. The van der Waals surface area contributed by atoms with E-state index in [0.717, 1.165) is 0 Å². The van der Waals surface area contributed by atoms with Crippen molar-refractivity contribution < 1.29 is 4.52 Å². The van der Waals surface area contributed by atoms with Gasteiger partial charge in [-0.15, -0.1) is 0 Å². The SMILES string of the molecule is CC.c1cnoc1. The molecular weight excluding hydrogens is 90.1 g/mol. The fourth-order valence-corrected chi connectivity index (χ4v) is 0.176. The molecular formula is C5H9NO. The van der Waals surface area contributed by atoms with Gasteiger partial charge in [-0.05, 0) is 6.07 Å². The average molecular weight is 99.1 g/mol. The van der Waals surface area contributed by atoms with Crippen LogP contribution in [0.5, 0.6) is 0 Å². The lowest BCUT2D eigenvalue weighted by atomic mass is 10.8. The summed E-state index contributed by atoms with van der Waals surface area (Å²) in [6.45, 7) is 4.00. The molecule has 2 heteroatoms. The van der Waals surface area contributed by atoms with Crippen molar-refractivity contribution in [3.63, 3.8) is 0 Å². The molecule has 0 aliphatic carbocycles. The summed E-state index contributed by atoms with van der Waals surface area (Å²) in [4.78, 5) is 0. The van der Waals surface area contributed by atoms with Gasteiger partial charge in [0, 0.05) is 0 Å². The van der Waals surface area contributed by atoms with Gasteiger partial charge in [0.15, 0.2) is 0 Å². The Balaban J connectivity index is 0.000000162. The number of rotatable bonds is 0. The van der Waals surface area contributed by atoms with E-state index in [1.54, 1.807) is 12.3 Å². The van der Waals surface area contributed by atoms with E-state index in [4.69, 9.17) is 0 Å². The van der Waals surface area contributed by atoms with E-state index in [2.05, 4.69) is 9.68 Å². The molecule has 0 amide bonds. The molecule has 0 aliphatic heterocycles. The summed E-state index contributed by atoms with van der Waals surface area (Å²) in [6, 6.07) is 1.72. The van der Waals surface area contributed by atoms with Crippen LogP contribution in [0, 0.1) is 0 Å². The molecule has 0 N–H and O–H groups in total.